The maximum Gasteiger partial charge on any atom is 0.265 e. The number of anilines is 1. The van der Waals surface area contributed by atoms with E-state index in [1.165, 1.54) is 4.57 Å². The van der Waals surface area contributed by atoms with E-state index < -0.39 is 0 Å². The average Bonchev–Trinajstić information content (AvgIpc) is 2.42. The highest BCUT2D eigenvalue weighted by atomic mass is 79.9. The maximum absolute atomic E-state index is 12.1. The molecule has 0 spiro atoms. The summed E-state index contributed by atoms with van der Waals surface area (Å²) in [6.07, 6.45) is 1.63. The van der Waals surface area contributed by atoms with Gasteiger partial charge in [-0.3, -0.25) is 4.79 Å². The van der Waals surface area contributed by atoms with Gasteiger partial charge in [-0.15, -0.1) is 0 Å². The Morgan fingerprint density at radius 3 is 2.89 bits per heavy atom. The zero-order valence-electron chi connectivity index (χ0n) is 10.4. The number of pyridine rings is 1. The van der Waals surface area contributed by atoms with Crippen molar-refractivity contribution < 1.29 is 0 Å². The molecule has 4 nitrogen and oxygen atoms in total. The van der Waals surface area contributed by atoms with Crippen LogP contribution >= 0.6 is 15.9 Å². The summed E-state index contributed by atoms with van der Waals surface area (Å²) < 4.78 is 2.01. The summed E-state index contributed by atoms with van der Waals surface area (Å²) in [6.45, 7) is 2.18. The van der Waals surface area contributed by atoms with Crippen molar-refractivity contribution in [2.75, 3.05) is 5.73 Å². The van der Waals surface area contributed by atoms with Gasteiger partial charge in [-0.05, 0) is 46.1 Å². The summed E-state index contributed by atoms with van der Waals surface area (Å²) in [5.74, 6) is 0. The van der Waals surface area contributed by atoms with Crippen LogP contribution in [0.15, 0.2) is 39.7 Å². The molecule has 96 valence electrons. The topological polar surface area (TPSA) is 71.8 Å². The second kappa shape index (κ2) is 5.29. The number of halogens is 1. The van der Waals surface area contributed by atoms with Gasteiger partial charge >= 0.3 is 0 Å². The van der Waals surface area contributed by atoms with E-state index in [1.54, 1.807) is 31.3 Å². The monoisotopic (exact) mass is 317 g/mol. The number of hydrogen-bond donors (Lipinski definition) is 1. The summed E-state index contributed by atoms with van der Waals surface area (Å²) in [7, 11) is 0. The summed E-state index contributed by atoms with van der Waals surface area (Å²) in [5, 5.41) is 8.86. The second-order valence-corrected chi connectivity index (χ2v) is 5.06. The summed E-state index contributed by atoms with van der Waals surface area (Å²) in [6, 6.07) is 9.24. The minimum atomic E-state index is -0.130. The molecule has 2 aromatic rings. The molecule has 2 rings (SSSR count). The quantitative estimate of drug-likeness (QED) is 0.924. The molecule has 0 amide bonds. The lowest BCUT2D eigenvalue weighted by Gasteiger charge is -2.10. The Balaban J connectivity index is 2.44. The van der Waals surface area contributed by atoms with E-state index >= 15 is 0 Å². The molecule has 1 aromatic heterocycles. The molecule has 19 heavy (non-hydrogen) atoms. The number of aromatic nitrogens is 1. The highest BCUT2D eigenvalue weighted by Gasteiger charge is 2.08. The number of nitrogen functional groups attached to an aromatic ring is 1. The standard InChI is InChI=1S/C14H12BrN3O/c1-9-12(17)8-18(14(19)13(9)15)7-11-4-2-3-10(5-11)6-16/h2-5,8H,7,17H2,1H3. The van der Waals surface area contributed by atoms with E-state index in [9.17, 15) is 4.79 Å². The molecule has 0 fully saturated rings. The van der Waals surface area contributed by atoms with E-state index in [-0.39, 0.29) is 5.56 Å². The van der Waals surface area contributed by atoms with Crippen molar-refractivity contribution in [3.8, 4) is 6.07 Å². The third-order valence-electron chi connectivity index (χ3n) is 2.91. The first-order valence-electron chi connectivity index (χ1n) is 5.67. The number of nitrogens with two attached hydrogens (primary N) is 1. The number of hydrogen-bond acceptors (Lipinski definition) is 3. The van der Waals surface area contributed by atoms with Crippen LogP contribution in [0, 0.1) is 18.3 Å². The van der Waals surface area contributed by atoms with Crippen LogP contribution in [0.5, 0.6) is 0 Å². The normalized spacial score (nSPS) is 10.2. The van der Waals surface area contributed by atoms with E-state index in [0.717, 1.165) is 11.1 Å². The van der Waals surface area contributed by atoms with Crippen LogP contribution in [0.25, 0.3) is 0 Å². The van der Waals surface area contributed by atoms with E-state index in [0.29, 0.717) is 22.3 Å². The van der Waals surface area contributed by atoms with E-state index in [2.05, 4.69) is 22.0 Å². The van der Waals surface area contributed by atoms with Crippen molar-refractivity contribution in [2.24, 2.45) is 0 Å². The van der Waals surface area contributed by atoms with E-state index in [1.807, 2.05) is 6.07 Å². The average molecular weight is 318 g/mol. The largest absolute Gasteiger partial charge is 0.397 e. The predicted molar refractivity (Wildman–Crippen MR) is 77.8 cm³/mol. The molecule has 0 bridgehead atoms. The van der Waals surface area contributed by atoms with Crippen LogP contribution < -0.4 is 11.3 Å². The molecule has 2 N–H and O–H groups in total. The fraction of sp³-hybridized carbons (Fsp3) is 0.143. The minimum absolute atomic E-state index is 0.130. The molecule has 0 radical (unpaired) electrons. The SMILES string of the molecule is Cc1c(N)cn(Cc2cccc(C#N)c2)c(=O)c1Br. The smallest absolute Gasteiger partial charge is 0.265 e. The van der Waals surface area contributed by atoms with Crippen molar-refractivity contribution in [1.82, 2.24) is 4.57 Å². The molecule has 1 aromatic carbocycles. The zero-order chi connectivity index (χ0) is 14.0. The third-order valence-corrected chi connectivity index (χ3v) is 3.85. The number of nitrogens with zero attached hydrogens (tertiary/aromatic N) is 2. The molecule has 0 aliphatic carbocycles. The van der Waals surface area contributed by atoms with Gasteiger partial charge in [0.05, 0.1) is 28.3 Å². The summed E-state index contributed by atoms with van der Waals surface area (Å²) in [4.78, 5) is 12.1. The summed E-state index contributed by atoms with van der Waals surface area (Å²) in [5.41, 5.74) is 8.49. The van der Waals surface area contributed by atoms with Crippen LogP contribution in [0.1, 0.15) is 16.7 Å². The molecule has 0 saturated carbocycles. The van der Waals surface area contributed by atoms with Crippen LogP contribution in [0.3, 0.4) is 0 Å². The van der Waals surface area contributed by atoms with Gasteiger partial charge in [0.1, 0.15) is 0 Å². The highest BCUT2D eigenvalue weighted by molar-refractivity contribution is 9.10. The fourth-order valence-corrected chi connectivity index (χ4v) is 2.25. The Morgan fingerprint density at radius 1 is 1.47 bits per heavy atom. The van der Waals surface area contributed by atoms with Crippen LogP contribution in [0.2, 0.25) is 0 Å². The Morgan fingerprint density at radius 2 is 2.21 bits per heavy atom. The number of rotatable bonds is 2. The lowest BCUT2D eigenvalue weighted by Crippen LogP contribution is -2.22. The van der Waals surface area contributed by atoms with Gasteiger partial charge in [-0.2, -0.15) is 5.26 Å². The molecule has 0 unspecified atom stereocenters. The van der Waals surface area contributed by atoms with Crippen LogP contribution in [0.4, 0.5) is 5.69 Å². The number of benzene rings is 1. The number of nitriles is 1. The van der Waals surface area contributed by atoms with Gasteiger partial charge in [0.2, 0.25) is 0 Å². The first-order chi connectivity index (χ1) is 9.02. The van der Waals surface area contributed by atoms with Gasteiger partial charge < -0.3 is 10.3 Å². The molecular formula is C14H12BrN3O. The molecule has 0 saturated heterocycles. The van der Waals surface area contributed by atoms with Crippen LogP contribution in [-0.4, -0.2) is 4.57 Å². The highest BCUT2D eigenvalue weighted by Crippen LogP contribution is 2.17. The van der Waals surface area contributed by atoms with Gasteiger partial charge in [-0.25, -0.2) is 0 Å². The Kier molecular flexibility index (Phi) is 3.72. The van der Waals surface area contributed by atoms with Gasteiger partial charge in [0, 0.05) is 6.20 Å². The Labute approximate surface area is 119 Å². The fourth-order valence-electron chi connectivity index (χ4n) is 1.79. The van der Waals surface area contributed by atoms with Crippen molar-refractivity contribution in [3.63, 3.8) is 0 Å². The van der Waals surface area contributed by atoms with Crippen LogP contribution in [-0.2, 0) is 6.54 Å². The second-order valence-electron chi connectivity index (χ2n) is 4.27. The molecule has 0 atom stereocenters. The van der Waals surface area contributed by atoms with Gasteiger partial charge in [-0.1, -0.05) is 12.1 Å². The molecule has 1 heterocycles. The molecule has 0 aliphatic heterocycles. The maximum atomic E-state index is 12.1. The first-order valence-corrected chi connectivity index (χ1v) is 6.46. The predicted octanol–water partition coefficient (Wildman–Crippen LogP) is 2.42. The Hall–Kier alpha value is -2.06. The zero-order valence-corrected chi connectivity index (χ0v) is 11.9. The van der Waals surface area contributed by atoms with Crippen molar-refractivity contribution >= 4 is 21.6 Å². The molecular weight excluding hydrogens is 306 g/mol. The van der Waals surface area contributed by atoms with Crippen molar-refractivity contribution in [2.45, 2.75) is 13.5 Å². The first kappa shape index (κ1) is 13.4. The third kappa shape index (κ3) is 2.69. The Bertz CT molecular complexity index is 728. The molecule has 5 heteroatoms. The van der Waals surface area contributed by atoms with E-state index in [4.69, 9.17) is 11.0 Å². The van der Waals surface area contributed by atoms with Crippen molar-refractivity contribution in [1.29, 1.82) is 5.26 Å². The molecule has 0 aliphatic rings. The lowest BCUT2D eigenvalue weighted by molar-refractivity contribution is 0.754. The van der Waals surface area contributed by atoms with Gasteiger partial charge in [0.15, 0.2) is 0 Å². The minimum Gasteiger partial charge on any atom is -0.397 e. The van der Waals surface area contributed by atoms with Gasteiger partial charge in [0.25, 0.3) is 5.56 Å². The summed E-state index contributed by atoms with van der Waals surface area (Å²) >= 11 is 3.26. The van der Waals surface area contributed by atoms with Crippen molar-refractivity contribution in [3.05, 3.63) is 62.0 Å². The lowest BCUT2D eigenvalue weighted by atomic mass is 10.1.